The number of rotatable bonds is 22. The number of benzene rings is 2. The minimum Gasteiger partial charge on any atom is -0.493 e. The van der Waals surface area contributed by atoms with Gasteiger partial charge >= 0.3 is 0 Å². The first-order valence-electron chi connectivity index (χ1n) is 23.2. The van der Waals surface area contributed by atoms with Crippen LogP contribution in [-0.2, 0) is 51.8 Å². The number of aliphatic hydroxyl groups is 1. The fourth-order valence-corrected chi connectivity index (χ4v) is 10.9. The fourth-order valence-electron chi connectivity index (χ4n) is 8.46. The molecule has 4 aromatic heterocycles. The zero-order valence-corrected chi connectivity index (χ0v) is 41.9. The molecule has 25 nitrogen and oxygen atoms in total. The molecule has 0 radical (unpaired) electrons. The van der Waals surface area contributed by atoms with E-state index in [4.69, 9.17) is 14.6 Å². The van der Waals surface area contributed by atoms with Gasteiger partial charge in [-0.25, -0.2) is 36.2 Å². The molecule has 2 aliphatic heterocycles. The predicted molar refractivity (Wildman–Crippen MR) is 261 cm³/mol. The Balaban J connectivity index is 0.000000209. The zero-order valence-electron chi connectivity index (χ0n) is 40.3. The molecule has 0 amide bonds. The molecule has 2 aromatic carbocycles. The molecule has 0 saturated carbocycles. The summed E-state index contributed by atoms with van der Waals surface area (Å²) in [5.74, 6) is 1.21. The van der Waals surface area contributed by atoms with Crippen molar-refractivity contribution in [3.05, 3.63) is 78.6 Å². The number of aromatic amines is 2. The largest absolute Gasteiger partial charge is 0.493 e. The van der Waals surface area contributed by atoms with Crippen LogP contribution in [0.25, 0.3) is 44.8 Å². The van der Waals surface area contributed by atoms with E-state index in [2.05, 4.69) is 44.4 Å². The van der Waals surface area contributed by atoms with Crippen molar-refractivity contribution in [2.45, 2.75) is 75.3 Å². The Morgan fingerprint density at radius 3 is 1.52 bits per heavy atom. The summed E-state index contributed by atoms with van der Waals surface area (Å²) in [4.78, 5) is 59.0. The summed E-state index contributed by atoms with van der Waals surface area (Å²) < 4.78 is 72.1. The molecule has 0 unspecified atom stereocenters. The van der Waals surface area contributed by atoms with Gasteiger partial charge in [-0.1, -0.05) is 26.7 Å². The lowest BCUT2D eigenvalue weighted by Gasteiger charge is -2.39. The van der Waals surface area contributed by atoms with Crippen molar-refractivity contribution in [2.24, 2.45) is 14.1 Å². The molecule has 0 bridgehead atoms. The van der Waals surface area contributed by atoms with Gasteiger partial charge in [-0.05, 0) is 63.1 Å². The van der Waals surface area contributed by atoms with Crippen LogP contribution in [-0.4, -0.2) is 154 Å². The highest BCUT2D eigenvalue weighted by molar-refractivity contribution is 7.89. The van der Waals surface area contributed by atoms with E-state index in [0.29, 0.717) is 121 Å². The Kier molecular flexibility index (Phi) is 16.5. The Morgan fingerprint density at radius 1 is 0.718 bits per heavy atom. The number of ether oxygens (including phenoxy) is 2. The number of fused-ring (bicyclic) bond motifs is 2. The normalized spacial score (nSPS) is 14.8. The molecule has 2 saturated heterocycles. The van der Waals surface area contributed by atoms with E-state index in [1.54, 1.807) is 27.1 Å². The second-order valence-corrected chi connectivity index (χ2v) is 20.4. The highest BCUT2D eigenvalue weighted by Gasteiger charge is 2.33. The Labute approximate surface area is 408 Å². The molecular formula is C44H59N13O12S2. The first kappa shape index (κ1) is 52.5. The molecule has 0 atom stereocenters. The summed E-state index contributed by atoms with van der Waals surface area (Å²) >= 11 is 0. The van der Waals surface area contributed by atoms with Crippen LogP contribution < -0.4 is 30.0 Å². The van der Waals surface area contributed by atoms with E-state index >= 15 is 0 Å². The van der Waals surface area contributed by atoms with Gasteiger partial charge in [0.1, 0.15) is 40.8 Å². The Morgan fingerprint density at radius 2 is 1.14 bits per heavy atom. The molecule has 71 heavy (non-hydrogen) atoms. The molecule has 27 heteroatoms. The number of hydrogen-bond donors (Lipinski definition) is 5. The summed E-state index contributed by atoms with van der Waals surface area (Å²) in [5, 5.41) is 27.3. The second-order valence-electron chi connectivity index (χ2n) is 17.0. The summed E-state index contributed by atoms with van der Waals surface area (Å²) in [6.45, 7) is 11.0. The summed E-state index contributed by atoms with van der Waals surface area (Å²) in [6, 6.07) is 8.34. The van der Waals surface area contributed by atoms with E-state index in [1.165, 1.54) is 39.7 Å². The quantitative estimate of drug-likeness (QED) is 0.0475. The van der Waals surface area contributed by atoms with Gasteiger partial charge in [0, 0.05) is 65.4 Å². The molecule has 384 valence electrons. The third kappa shape index (κ3) is 11.9. The maximum absolute atomic E-state index is 13.1. The topological polar surface area (TPSA) is 317 Å². The van der Waals surface area contributed by atoms with Gasteiger partial charge in [0.25, 0.3) is 16.2 Å². The van der Waals surface area contributed by atoms with Crippen LogP contribution in [0.3, 0.4) is 0 Å². The van der Waals surface area contributed by atoms with E-state index in [-0.39, 0.29) is 57.9 Å². The highest BCUT2D eigenvalue weighted by atomic mass is 32.2. The number of nitrogens with one attached hydrogen (secondary N) is 4. The molecule has 6 heterocycles. The van der Waals surface area contributed by atoms with Gasteiger partial charge < -0.3 is 29.4 Å². The molecule has 6 aromatic rings. The van der Waals surface area contributed by atoms with Crippen molar-refractivity contribution < 1.29 is 41.3 Å². The van der Waals surface area contributed by atoms with Crippen molar-refractivity contribution in [1.29, 1.82) is 0 Å². The smallest absolute Gasteiger partial charge is 0.294 e. The minimum atomic E-state index is -3.91. The van der Waals surface area contributed by atoms with E-state index in [0.717, 1.165) is 12.8 Å². The van der Waals surface area contributed by atoms with Crippen LogP contribution in [0.15, 0.2) is 55.8 Å². The SMILES string of the molecule is CCCc1nn(C)c2c(=O)[nH]c(-c3cc(S(=O)(=O)NC4CN(CCO)C4)ccc3OCC)nc12.CCCc1nn(C)c2c(=O)[nH]c(-c3cc(S(=O)(=O)NC4CN(CCO[N+](=O)[O-])C4)ccc3OCC)nc12. The van der Waals surface area contributed by atoms with Crippen LogP contribution in [0.4, 0.5) is 0 Å². The molecule has 2 aliphatic rings. The van der Waals surface area contributed by atoms with Gasteiger partial charge in [-0.2, -0.15) is 10.2 Å². The van der Waals surface area contributed by atoms with Crippen LogP contribution in [0.5, 0.6) is 11.5 Å². The monoisotopic (exact) mass is 1030 g/mol. The molecule has 8 rings (SSSR count). The number of hydrogen-bond acceptors (Lipinski definition) is 18. The van der Waals surface area contributed by atoms with Crippen LogP contribution in [0.1, 0.15) is 51.9 Å². The second kappa shape index (κ2) is 22.4. The number of aliphatic hydroxyl groups excluding tert-OH is 1. The zero-order chi connectivity index (χ0) is 51.2. The van der Waals surface area contributed by atoms with Crippen LogP contribution >= 0.6 is 0 Å². The number of H-pyrrole nitrogens is 2. The lowest BCUT2D eigenvalue weighted by atomic mass is 10.1. The third-order valence-corrected chi connectivity index (χ3v) is 14.7. The van der Waals surface area contributed by atoms with Gasteiger partial charge in [-0.3, -0.25) is 28.8 Å². The number of likely N-dealkylation sites (tertiary alicyclic amines) is 2. The number of sulfonamides is 2. The van der Waals surface area contributed by atoms with Gasteiger partial charge in [0.15, 0.2) is 11.0 Å². The minimum absolute atomic E-state index is 0.0104. The molecule has 0 spiro atoms. The Hall–Kier alpha value is -6.36. The first-order valence-corrected chi connectivity index (χ1v) is 26.2. The van der Waals surface area contributed by atoms with Gasteiger partial charge in [0.2, 0.25) is 20.0 Å². The van der Waals surface area contributed by atoms with Crippen LogP contribution in [0.2, 0.25) is 0 Å². The van der Waals surface area contributed by atoms with Gasteiger partial charge in [-0.15, -0.1) is 10.1 Å². The maximum Gasteiger partial charge on any atom is 0.294 e. The summed E-state index contributed by atoms with van der Waals surface area (Å²) in [6.07, 6.45) is 2.97. The van der Waals surface area contributed by atoms with Crippen molar-refractivity contribution in [2.75, 3.05) is 65.7 Å². The number of aromatic nitrogens is 8. The molecule has 5 N–H and O–H groups in total. The highest BCUT2D eigenvalue weighted by Crippen LogP contribution is 2.33. The molecule has 0 aliphatic carbocycles. The third-order valence-electron chi connectivity index (χ3n) is 11.7. The first-order chi connectivity index (χ1) is 33.9. The van der Waals surface area contributed by atoms with Crippen molar-refractivity contribution in [3.8, 4) is 34.3 Å². The molecular weight excluding hydrogens is 967 g/mol. The fraction of sp³-hybridized carbons (Fsp3) is 0.500. The standard InChI is InChI=1S/C22H29N7O7S.C22H30N6O5S/c1-4-6-17-19-20(27(3)25-17)22(30)24-21(23-19)16-11-15(7-8-18(16)35-5-2)37(33,34)26-14-12-28(13-14)9-10-36-29(31)32;1-4-6-17-19-20(27(3)25-17)22(30)24-21(23-19)16-11-15(7-8-18(16)33-5-2)34(31,32)26-14-12-28(13-14)9-10-29/h7-8,11,14,26H,4-6,9-10,12-13H2,1-3H3,(H,23,24,30);7-8,11,14,26,29H,4-6,9-10,12-13H2,1-3H3,(H,23,24,30). The van der Waals surface area contributed by atoms with Crippen molar-refractivity contribution in [1.82, 2.24) is 58.7 Å². The average molecular weight is 1030 g/mol. The lowest BCUT2D eigenvalue weighted by Crippen LogP contribution is -2.59. The number of aryl methyl sites for hydroxylation is 4. The van der Waals surface area contributed by atoms with Gasteiger partial charge in [0.05, 0.1) is 52.1 Å². The van der Waals surface area contributed by atoms with Crippen molar-refractivity contribution in [3.63, 3.8) is 0 Å². The Bertz CT molecular complexity index is 3230. The predicted octanol–water partition coefficient (Wildman–Crippen LogP) is 1.48. The number of β-amino-alcohol motifs (C(OH)–C–C–N with tert-alkyl or cyclic N) is 1. The van der Waals surface area contributed by atoms with Crippen molar-refractivity contribution >= 4 is 42.1 Å². The average Bonchev–Trinajstić information content (AvgIpc) is 3.79. The van der Waals surface area contributed by atoms with Crippen LogP contribution in [0, 0.1) is 10.1 Å². The van der Waals surface area contributed by atoms with E-state index in [1.807, 2.05) is 30.6 Å². The number of nitrogens with zero attached hydrogens (tertiary/aromatic N) is 9. The molecule has 2 fully saturated rings. The summed E-state index contributed by atoms with van der Waals surface area (Å²) in [5.41, 5.74) is 3.05. The van der Waals surface area contributed by atoms with E-state index < -0.39 is 25.1 Å². The summed E-state index contributed by atoms with van der Waals surface area (Å²) in [7, 11) is -4.35. The van der Waals surface area contributed by atoms with E-state index in [9.17, 15) is 36.5 Å². The maximum atomic E-state index is 13.1. The lowest BCUT2D eigenvalue weighted by molar-refractivity contribution is -0.757.